The summed E-state index contributed by atoms with van der Waals surface area (Å²) in [5.41, 5.74) is -0.0387. The molecule has 1 amide bonds. The second kappa shape index (κ2) is 13.0. The van der Waals surface area contributed by atoms with Gasteiger partial charge in [0.2, 0.25) is 0 Å². The van der Waals surface area contributed by atoms with E-state index in [4.69, 9.17) is 0 Å². The van der Waals surface area contributed by atoms with Crippen molar-refractivity contribution >= 4 is 52.5 Å². The number of halogens is 1. The number of carboxylic acid groups (broad SMARTS) is 2. The van der Waals surface area contributed by atoms with E-state index in [1.807, 2.05) is 9.80 Å². The van der Waals surface area contributed by atoms with Crippen LogP contribution in [-0.4, -0.2) is 81.9 Å². The third-order valence-corrected chi connectivity index (χ3v) is 8.49. The Kier molecular flexibility index (Phi) is 10.6. The maximum Gasteiger partial charge on any atom is 1.00 e. The van der Waals surface area contributed by atoms with E-state index < -0.39 is 34.8 Å². The molecule has 4 heterocycles. The molecule has 0 spiro atoms. The molecule has 2 aromatic rings. The molecule has 3 aliphatic heterocycles. The first-order valence-corrected chi connectivity index (χ1v) is 13.1. The monoisotopic (exact) mass is 587 g/mol. The molecule has 2 fully saturated rings. The van der Waals surface area contributed by atoms with Crippen LogP contribution in [0, 0.1) is 5.82 Å². The molecule has 5 rings (SSSR count). The number of pyridine rings is 1. The number of aromatic carboxylic acids is 1. The molecule has 0 N–H and O–H groups in total. The van der Waals surface area contributed by atoms with E-state index in [2.05, 4.69) is 4.99 Å². The molecule has 0 radical (unpaired) electrons. The first-order valence-electron chi connectivity index (χ1n) is 12.1. The quantitative estimate of drug-likeness (QED) is 0.140. The summed E-state index contributed by atoms with van der Waals surface area (Å²) >= 11 is 1.46. The zero-order valence-electron chi connectivity index (χ0n) is 22.7. The van der Waals surface area contributed by atoms with Gasteiger partial charge in [0.1, 0.15) is 11.2 Å². The predicted molar refractivity (Wildman–Crippen MR) is 135 cm³/mol. The van der Waals surface area contributed by atoms with E-state index in [0.29, 0.717) is 55.3 Å². The summed E-state index contributed by atoms with van der Waals surface area (Å²) in [6.07, 6.45) is 2.81. The Bertz CT molecular complexity index is 1490. The van der Waals surface area contributed by atoms with E-state index in [1.54, 1.807) is 30.8 Å². The molecular formula is C25H24FN5Na2O6S. The molecule has 11 nitrogen and oxygen atoms in total. The van der Waals surface area contributed by atoms with Crippen LogP contribution in [0.25, 0.3) is 10.9 Å². The topological polar surface area (TPSA) is 141 Å². The number of aliphatic carboxylic acids is 1. The summed E-state index contributed by atoms with van der Waals surface area (Å²) in [5.74, 6) is -3.49. The summed E-state index contributed by atoms with van der Waals surface area (Å²) in [7, 11) is 0. The van der Waals surface area contributed by atoms with Crippen molar-refractivity contribution in [1.29, 1.82) is 0 Å². The number of hydrogen-bond donors (Lipinski definition) is 0. The van der Waals surface area contributed by atoms with Crippen molar-refractivity contribution in [1.82, 2.24) is 14.4 Å². The summed E-state index contributed by atoms with van der Waals surface area (Å²) in [5, 5.41) is 22.4. The van der Waals surface area contributed by atoms with Gasteiger partial charge in [-0.25, -0.2) is 4.39 Å². The Labute approximate surface area is 277 Å². The number of anilines is 1. The van der Waals surface area contributed by atoms with E-state index in [1.165, 1.54) is 22.9 Å². The summed E-state index contributed by atoms with van der Waals surface area (Å²) < 4.78 is 16.7. The van der Waals surface area contributed by atoms with E-state index >= 15 is 4.39 Å². The number of fused-ring (bicyclic) bond motifs is 2. The van der Waals surface area contributed by atoms with Crippen LogP contribution in [0.3, 0.4) is 0 Å². The fraction of sp³-hybridized carbons (Fsp3) is 0.400. The number of carbonyl (C=O) groups is 3. The van der Waals surface area contributed by atoms with Crippen LogP contribution >= 0.6 is 11.8 Å². The van der Waals surface area contributed by atoms with Crippen molar-refractivity contribution in [2.45, 2.75) is 31.8 Å². The van der Waals surface area contributed by atoms with Crippen LogP contribution in [0.4, 0.5) is 10.1 Å². The fourth-order valence-corrected chi connectivity index (χ4v) is 6.32. The molecule has 3 aliphatic rings. The third-order valence-electron chi connectivity index (χ3n) is 7.08. The Morgan fingerprint density at radius 1 is 1.12 bits per heavy atom. The molecule has 0 saturated carbocycles. The van der Waals surface area contributed by atoms with Crippen molar-refractivity contribution in [3.05, 3.63) is 51.2 Å². The van der Waals surface area contributed by atoms with Crippen LogP contribution in [-0.2, 0) is 16.1 Å². The van der Waals surface area contributed by atoms with E-state index in [0.717, 1.165) is 6.07 Å². The largest absolute Gasteiger partial charge is 1.00 e. The van der Waals surface area contributed by atoms with Gasteiger partial charge in [-0.3, -0.25) is 19.5 Å². The Balaban J connectivity index is 0.00000220. The van der Waals surface area contributed by atoms with Gasteiger partial charge in [0.25, 0.3) is 5.91 Å². The molecule has 15 heteroatoms. The van der Waals surface area contributed by atoms with Crippen LogP contribution < -0.4 is 79.7 Å². The molecule has 200 valence electrons. The minimum Gasteiger partial charge on any atom is -0.545 e. The molecule has 2 saturated heterocycles. The second-order valence-electron chi connectivity index (χ2n) is 9.32. The SMILES string of the molecule is CCn1cc(C(=O)[O-])c(=O)c2cc(F)c(N3CCN(C=N[C@@H]4C(=O)N5C(C(=O)[O-])=C(C)CS[C@H]45)CC3)cc21.[Na+].[Na+]. The Morgan fingerprint density at radius 2 is 1.80 bits per heavy atom. The van der Waals surface area contributed by atoms with Crippen molar-refractivity contribution in [3.63, 3.8) is 0 Å². The van der Waals surface area contributed by atoms with E-state index in [-0.39, 0.29) is 81.5 Å². The second-order valence-corrected chi connectivity index (χ2v) is 10.4. The molecule has 1 aromatic heterocycles. The molecule has 0 bridgehead atoms. The molecule has 0 unspecified atom stereocenters. The number of carboxylic acids is 2. The number of aryl methyl sites for hydroxylation is 1. The summed E-state index contributed by atoms with van der Waals surface area (Å²) in [4.78, 5) is 57.3. The number of benzene rings is 1. The number of aliphatic imine (C=N–C) groups is 1. The van der Waals surface area contributed by atoms with Gasteiger partial charge >= 0.3 is 59.1 Å². The van der Waals surface area contributed by atoms with Gasteiger partial charge in [-0.2, -0.15) is 0 Å². The fourth-order valence-electron chi connectivity index (χ4n) is 5.04. The normalized spacial score (nSPS) is 20.7. The summed E-state index contributed by atoms with van der Waals surface area (Å²) in [6, 6.07) is 1.96. The number of thioether (sulfide) groups is 1. The molecule has 40 heavy (non-hydrogen) atoms. The first-order chi connectivity index (χ1) is 18.1. The number of hydrogen-bond acceptors (Lipinski definition) is 9. The minimum absolute atomic E-state index is 0. The van der Waals surface area contributed by atoms with Gasteiger partial charge in [-0.15, -0.1) is 11.8 Å². The van der Waals surface area contributed by atoms with Crippen LogP contribution in [0.5, 0.6) is 0 Å². The van der Waals surface area contributed by atoms with Gasteiger partial charge in [0.15, 0.2) is 11.5 Å². The van der Waals surface area contributed by atoms with Gasteiger partial charge in [0.05, 0.1) is 40.7 Å². The number of aromatic nitrogens is 1. The number of carbonyl (C=O) groups excluding carboxylic acids is 3. The molecule has 1 aromatic carbocycles. The maximum absolute atomic E-state index is 15.1. The number of β-lactam (4-membered cyclic amide) rings is 1. The van der Waals surface area contributed by atoms with Gasteiger partial charge in [-0.1, -0.05) is 0 Å². The standard InChI is InChI=1S/C25H26FN5O6S.2Na/c1-3-29-10-15(24(34)35)21(32)14-8-16(26)18(9-17(14)29)30-6-4-28(5-7-30)12-27-19-22(33)31-20(25(36)37)13(2)11-38-23(19)31;;/h8-10,12,19,23H,3-7,11H2,1-2H3,(H,34,35)(H,36,37);;/q;2*+1/p-2/t19-,23-;;/m1../s1. The van der Waals surface area contributed by atoms with Crippen LogP contribution in [0.15, 0.2) is 39.4 Å². The smallest absolute Gasteiger partial charge is 0.545 e. The van der Waals surface area contributed by atoms with Gasteiger partial charge in [0, 0.05) is 50.1 Å². The van der Waals surface area contributed by atoms with Crippen LogP contribution in [0.2, 0.25) is 0 Å². The van der Waals surface area contributed by atoms with Crippen molar-refractivity contribution in [3.8, 4) is 0 Å². The number of amides is 1. The number of piperazine rings is 1. The number of nitrogens with zero attached hydrogens (tertiary/aromatic N) is 5. The van der Waals surface area contributed by atoms with Crippen molar-refractivity contribution in [2.75, 3.05) is 36.8 Å². The minimum atomic E-state index is -1.61. The van der Waals surface area contributed by atoms with Crippen molar-refractivity contribution in [2.24, 2.45) is 4.99 Å². The van der Waals surface area contributed by atoms with Crippen LogP contribution in [0.1, 0.15) is 24.2 Å². The average Bonchev–Trinajstić information content (AvgIpc) is 2.89. The zero-order valence-corrected chi connectivity index (χ0v) is 27.5. The molecule has 2 atom stereocenters. The molecular weight excluding hydrogens is 563 g/mol. The maximum atomic E-state index is 15.1. The Morgan fingerprint density at radius 3 is 2.40 bits per heavy atom. The zero-order chi connectivity index (χ0) is 27.3. The predicted octanol–water partition coefficient (Wildman–Crippen LogP) is -7.01. The molecule has 0 aliphatic carbocycles. The average molecular weight is 588 g/mol. The van der Waals surface area contributed by atoms with E-state index in [9.17, 15) is 29.4 Å². The third kappa shape index (κ3) is 5.74. The Hall–Kier alpha value is -1.87. The first kappa shape index (κ1) is 32.6. The van der Waals surface area contributed by atoms with Crippen molar-refractivity contribution < 1.29 is 88.1 Å². The van der Waals surface area contributed by atoms with Gasteiger partial charge < -0.3 is 34.2 Å². The van der Waals surface area contributed by atoms with Gasteiger partial charge in [-0.05, 0) is 31.6 Å². The summed E-state index contributed by atoms with van der Waals surface area (Å²) in [6.45, 7) is 5.72. The number of rotatable bonds is 6.